The number of rotatable bonds is 10. The third-order valence-corrected chi connectivity index (χ3v) is 13.7. The SMILES string of the molecule is O=[N+]([O-])c1ccc(CP(=O)(O)CP(=O)(O)CN2CCCN3CCN(CCCN(CP(=O)(O)CO)CC3)CC2)cc1. The Kier molecular flexibility index (Phi) is 12.5. The summed E-state index contributed by atoms with van der Waals surface area (Å²) in [6, 6.07) is 5.26. The number of hydrogen-bond donors (Lipinski definition) is 4. The molecule has 228 valence electrons. The van der Waals surface area contributed by atoms with Crippen LogP contribution in [0.3, 0.4) is 0 Å². The molecular weight excluding hydrogens is 583 g/mol. The van der Waals surface area contributed by atoms with E-state index in [9.17, 15) is 43.6 Å². The molecule has 2 aliphatic heterocycles. The largest absolute Gasteiger partial charge is 0.386 e. The van der Waals surface area contributed by atoms with Gasteiger partial charge in [-0.25, -0.2) is 0 Å². The van der Waals surface area contributed by atoms with Crippen LogP contribution < -0.4 is 0 Å². The molecule has 3 rings (SSSR count). The average molecular weight is 626 g/mol. The number of nitro groups is 1. The van der Waals surface area contributed by atoms with Crippen molar-refractivity contribution < 1.29 is 38.4 Å². The highest BCUT2D eigenvalue weighted by atomic mass is 31.2. The summed E-state index contributed by atoms with van der Waals surface area (Å²) in [5.74, 6) is -0.721. The molecule has 2 heterocycles. The Labute approximate surface area is 235 Å². The third-order valence-electron chi connectivity index (χ3n) is 7.18. The summed E-state index contributed by atoms with van der Waals surface area (Å²) in [4.78, 5) is 49.8. The molecule has 5 unspecified atom stereocenters. The van der Waals surface area contributed by atoms with Crippen LogP contribution in [-0.4, -0.2) is 135 Å². The number of non-ortho nitro benzene ring substituents is 1. The fourth-order valence-corrected chi connectivity index (χ4v) is 11.4. The molecule has 14 nitrogen and oxygen atoms in total. The van der Waals surface area contributed by atoms with Crippen molar-refractivity contribution in [2.24, 2.45) is 0 Å². The second kappa shape index (κ2) is 14.9. The van der Waals surface area contributed by atoms with Crippen molar-refractivity contribution in [1.82, 2.24) is 19.6 Å². The number of hydrogen-bond acceptors (Lipinski definition) is 10. The van der Waals surface area contributed by atoms with Gasteiger partial charge >= 0.3 is 0 Å². The van der Waals surface area contributed by atoms with Gasteiger partial charge in [-0.05, 0) is 44.6 Å². The van der Waals surface area contributed by atoms with Crippen LogP contribution in [0.25, 0.3) is 0 Å². The molecule has 2 bridgehead atoms. The number of nitrogens with zero attached hydrogens (tertiary/aromatic N) is 5. The molecule has 0 aliphatic carbocycles. The van der Waals surface area contributed by atoms with E-state index in [0.29, 0.717) is 44.8 Å². The fraction of sp³-hybridized carbons (Fsp3) is 0.739. The maximum atomic E-state index is 13.1. The highest BCUT2D eigenvalue weighted by Gasteiger charge is 2.33. The van der Waals surface area contributed by atoms with Crippen molar-refractivity contribution in [3.05, 3.63) is 39.9 Å². The van der Waals surface area contributed by atoms with Gasteiger partial charge in [-0.2, -0.15) is 0 Å². The van der Waals surface area contributed by atoms with Crippen LogP contribution in [0, 0.1) is 10.1 Å². The fourth-order valence-electron chi connectivity index (χ4n) is 5.18. The molecule has 0 saturated carbocycles. The zero-order valence-corrected chi connectivity index (χ0v) is 25.4. The molecule has 4 N–H and O–H groups in total. The van der Waals surface area contributed by atoms with Crippen LogP contribution >= 0.6 is 22.1 Å². The lowest BCUT2D eigenvalue weighted by Gasteiger charge is -2.36. The molecule has 2 aliphatic rings. The topological polar surface area (TPSA) is 188 Å². The predicted octanol–water partition coefficient (Wildman–Crippen LogP) is 1.74. The molecule has 5 atom stereocenters. The number of aliphatic hydroxyl groups excluding tert-OH is 1. The van der Waals surface area contributed by atoms with Gasteiger partial charge in [0.15, 0.2) is 0 Å². The summed E-state index contributed by atoms with van der Waals surface area (Å²) in [7, 11) is -11.6. The lowest BCUT2D eigenvalue weighted by atomic mass is 10.2. The molecule has 0 amide bonds. The van der Waals surface area contributed by atoms with E-state index in [1.54, 1.807) is 0 Å². The summed E-state index contributed by atoms with van der Waals surface area (Å²) >= 11 is 0. The minimum Gasteiger partial charge on any atom is -0.386 e. The van der Waals surface area contributed by atoms with Gasteiger partial charge in [-0.3, -0.25) is 33.6 Å². The first kappa shape index (κ1) is 33.5. The molecule has 2 saturated heterocycles. The summed E-state index contributed by atoms with van der Waals surface area (Å²) in [6.45, 7) is 6.85. The highest BCUT2D eigenvalue weighted by molar-refractivity contribution is 7.74. The van der Waals surface area contributed by atoms with Crippen molar-refractivity contribution in [3.8, 4) is 0 Å². The van der Waals surface area contributed by atoms with Crippen LogP contribution in [0.2, 0.25) is 0 Å². The quantitative estimate of drug-likeness (QED) is 0.167. The predicted molar refractivity (Wildman–Crippen MR) is 153 cm³/mol. The first-order valence-corrected chi connectivity index (χ1v) is 19.5. The van der Waals surface area contributed by atoms with Crippen molar-refractivity contribution in [1.29, 1.82) is 0 Å². The van der Waals surface area contributed by atoms with Gasteiger partial charge in [0.25, 0.3) is 5.69 Å². The first-order valence-electron chi connectivity index (χ1n) is 13.4. The summed E-state index contributed by atoms with van der Waals surface area (Å²) in [6.07, 6.45) is 0.225. The molecule has 0 aromatic heterocycles. The Morgan fingerprint density at radius 3 is 1.65 bits per heavy atom. The van der Waals surface area contributed by atoms with E-state index in [1.165, 1.54) is 24.3 Å². The molecule has 17 heteroatoms. The van der Waals surface area contributed by atoms with E-state index in [1.807, 2.05) is 9.80 Å². The second-order valence-electron chi connectivity index (χ2n) is 10.8. The molecule has 1 aromatic carbocycles. The van der Waals surface area contributed by atoms with E-state index in [-0.39, 0.29) is 24.4 Å². The molecule has 0 radical (unpaired) electrons. The van der Waals surface area contributed by atoms with Gasteiger partial charge in [-0.15, -0.1) is 0 Å². The van der Waals surface area contributed by atoms with Crippen LogP contribution in [-0.2, 0) is 19.9 Å². The summed E-state index contributed by atoms with van der Waals surface area (Å²) in [5.41, 5.74) is 0.256. The maximum absolute atomic E-state index is 13.1. The van der Waals surface area contributed by atoms with Crippen molar-refractivity contribution in [2.75, 3.05) is 90.3 Å². The highest BCUT2D eigenvalue weighted by Crippen LogP contribution is 2.58. The van der Waals surface area contributed by atoms with Crippen LogP contribution in [0.1, 0.15) is 18.4 Å². The Balaban J connectivity index is 1.59. The molecule has 0 spiro atoms. The van der Waals surface area contributed by atoms with Gasteiger partial charge in [0, 0.05) is 51.4 Å². The van der Waals surface area contributed by atoms with Gasteiger partial charge in [0.05, 0.1) is 23.7 Å². The Hall–Kier alpha value is -1.01. The number of fused-ring (bicyclic) bond motifs is 3. The van der Waals surface area contributed by atoms with E-state index >= 15 is 0 Å². The second-order valence-corrected chi connectivity index (χ2v) is 18.2. The van der Waals surface area contributed by atoms with Crippen molar-refractivity contribution >= 4 is 27.8 Å². The number of aliphatic hydroxyl groups is 1. The zero-order chi connectivity index (χ0) is 29.4. The Morgan fingerprint density at radius 2 is 1.18 bits per heavy atom. The van der Waals surface area contributed by atoms with Crippen molar-refractivity contribution in [3.63, 3.8) is 0 Å². The minimum absolute atomic E-state index is 0.0319. The van der Waals surface area contributed by atoms with Gasteiger partial charge < -0.3 is 29.6 Å². The van der Waals surface area contributed by atoms with Crippen LogP contribution in [0.4, 0.5) is 5.69 Å². The average Bonchev–Trinajstić information content (AvgIpc) is 2.86. The number of benzene rings is 1. The van der Waals surface area contributed by atoms with E-state index in [0.717, 1.165) is 39.0 Å². The minimum atomic E-state index is -4.02. The molecular formula is C23H42N5O9P3. The van der Waals surface area contributed by atoms with Crippen LogP contribution in [0.15, 0.2) is 24.3 Å². The lowest BCUT2D eigenvalue weighted by Crippen LogP contribution is -2.47. The van der Waals surface area contributed by atoms with E-state index in [2.05, 4.69) is 9.80 Å². The standard InChI is InChI=1S/C23H42N5O9P3/c29-20-39(34,35)18-26-9-1-7-25-12-11-24(13-15-26)8-2-10-27(16-14-25)19-40(36,37)21-38(32,33)17-22-3-5-23(6-4-22)28(30)31/h3-6,29H,1-2,7-21H2,(H,32,33)(H,34,35)(H,36,37). The van der Waals surface area contributed by atoms with Crippen LogP contribution in [0.5, 0.6) is 0 Å². The monoisotopic (exact) mass is 625 g/mol. The molecule has 2 fully saturated rings. The van der Waals surface area contributed by atoms with Gasteiger partial charge in [0.2, 0.25) is 22.1 Å². The third kappa shape index (κ3) is 11.7. The Bertz CT molecular complexity index is 1130. The Morgan fingerprint density at radius 1 is 0.700 bits per heavy atom. The summed E-state index contributed by atoms with van der Waals surface area (Å²) < 4.78 is 38.1. The van der Waals surface area contributed by atoms with E-state index in [4.69, 9.17) is 0 Å². The smallest absolute Gasteiger partial charge is 0.269 e. The normalized spacial score (nSPS) is 26.7. The first-order chi connectivity index (χ1) is 18.8. The van der Waals surface area contributed by atoms with Gasteiger partial charge in [0.1, 0.15) is 12.3 Å². The van der Waals surface area contributed by atoms with E-state index < -0.39 is 39.3 Å². The molecule has 40 heavy (non-hydrogen) atoms. The van der Waals surface area contributed by atoms with Gasteiger partial charge in [-0.1, -0.05) is 12.1 Å². The lowest BCUT2D eigenvalue weighted by molar-refractivity contribution is -0.384. The maximum Gasteiger partial charge on any atom is 0.269 e. The number of nitro benzene ring substituents is 1. The zero-order valence-electron chi connectivity index (χ0n) is 22.7. The van der Waals surface area contributed by atoms with Crippen molar-refractivity contribution in [2.45, 2.75) is 19.0 Å². The summed E-state index contributed by atoms with van der Waals surface area (Å²) in [5, 5.41) is 20.0. The molecule has 1 aromatic rings.